The van der Waals surface area contributed by atoms with Gasteiger partial charge < -0.3 is 21.3 Å². The maximum absolute atomic E-state index is 13.0. The normalized spacial score (nSPS) is 14.3. The molecule has 0 atom stereocenters. The summed E-state index contributed by atoms with van der Waals surface area (Å²) in [6.07, 6.45) is 3.57. The molecule has 5 rings (SSSR count). The minimum atomic E-state index is -0.0932. The zero-order valence-electron chi connectivity index (χ0n) is 20.3. The summed E-state index contributed by atoms with van der Waals surface area (Å²) in [5.74, 6) is 1.58. The predicted molar refractivity (Wildman–Crippen MR) is 149 cm³/mol. The van der Waals surface area contributed by atoms with E-state index in [0.717, 1.165) is 60.3 Å². The molecule has 7 nitrogen and oxygen atoms in total. The smallest absolute Gasteiger partial charge is 0.195 e. The summed E-state index contributed by atoms with van der Waals surface area (Å²) < 4.78 is 0. The fourth-order valence-corrected chi connectivity index (χ4v) is 4.50. The van der Waals surface area contributed by atoms with Gasteiger partial charge in [0.1, 0.15) is 0 Å². The fourth-order valence-electron chi connectivity index (χ4n) is 4.26. The molecular weight excluding hydrogens is 486 g/mol. The zero-order valence-corrected chi connectivity index (χ0v) is 21.1. The van der Waals surface area contributed by atoms with Crippen molar-refractivity contribution in [2.75, 3.05) is 30.3 Å². The SMILES string of the molecule is O=C(Cc1ccc(NC2=CCCN2)cc1)c1cc(Cl)cc(C(=O)Cc2ccc(NC3=NCCN3)cc2)c1. The van der Waals surface area contributed by atoms with Crippen molar-refractivity contribution in [2.24, 2.45) is 4.99 Å². The zero-order chi connectivity index (χ0) is 25.6. The first-order chi connectivity index (χ1) is 18.0. The Morgan fingerprint density at radius 1 is 0.784 bits per heavy atom. The van der Waals surface area contributed by atoms with Gasteiger partial charge in [-0.25, -0.2) is 0 Å². The lowest BCUT2D eigenvalue weighted by molar-refractivity contribution is 0.0992. The van der Waals surface area contributed by atoms with Crippen molar-refractivity contribution in [1.82, 2.24) is 10.6 Å². The summed E-state index contributed by atoms with van der Waals surface area (Å²) in [7, 11) is 0. The van der Waals surface area contributed by atoms with Crippen LogP contribution < -0.4 is 21.3 Å². The molecule has 0 radical (unpaired) electrons. The maximum Gasteiger partial charge on any atom is 0.195 e. The molecule has 0 saturated heterocycles. The molecule has 4 N–H and O–H groups in total. The largest absolute Gasteiger partial charge is 0.372 e. The molecule has 0 aromatic heterocycles. The van der Waals surface area contributed by atoms with E-state index in [1.54, 1.807) is 18.2 Å². The number of ketones is 2. The molecule has 0 unspecified atom stereocenters. The number of carbonyl (C=O) groups excluding carboxylic acids is 2. The number of hydrogen-bond donors (Lipinski definition) is 4. The molecule has 2 heterocycles. The van der Waals surface area contributed by atoms with E-state index >= 15 is 0 Å². The second-order valence-corrected chi connectivity index (χ2v) is 9.50. The number of anilines is 2. The van der Waals surface area contributed by atoms with Gasteiger partial charge in [-0.05, 0) is 66.1 Å². The average Bonchev–Trinajstić information content (AvgIpc) is 3.61. The van der Waals surface area contributed by atoms with Gasteiger partial charge in [-0.15, -0.1) is 0 Å². The van der Waals surface area contributed by atoms with Crippen LogP contribution in [0.3, 0.4) is 0 Å². The number of nitrogens with one attached hydrogen (secondary N) is 4. The number of carbonyl (C=O) groups is 2. The van der Waals surface area contributed by atoms with Gasteiger partial charge >= 0.3 is 0 Å². The number of rotatable bonds is 9. The fraction of sp³-hybridized carbons (Fsp3) is 0.207. The number of Topliss-reactive ketones (excluding diaryl/α,β-unsaturated/α-hetero) is 2. The predicted octanol–water partition coefficient (Wildman–Crippen LogP) is 4.81. The molecule has 8 heteroatoms. The highest BCUT2D eigenvalue weighted by atomic mass is 35.5. The van der Waals surface area contributed by atoms with Crippen LogP contribution in [0.2, 0.25) is 5.02 Å². The van der Waals surface area contributed by atoms with Gasteiger partial charge in [-0.1, -0.05) is 35.9 Å². The van der Waals surface area contributed by atoms with Crippen molar-refractivity contribution in [3.8, 4) is 0 Å². The van der Waals surface area contributed by atoms with Crippen LogP contribution in [0.4, 0.5) is 11.4 Å². The quantitative estimate of drug-likeness (QED) is 0.307. The van der Waals surface area contributed by atoms with Crippen LogP contribution >= 0.6 is 11.6 Å². The second-order valence-electron chi connectivity index (χ2n) is 9.06. The second kappa shape index (κ2) is 11.3. The van der Waals surface area contributed by atoms with Crippen LogP contribution in [0.25, 0.3) is 0 Å². The van der Waals surface area contributed by atoms with E-state index < -0.39 is 0 Å². The van der Waals surface area contributed by atoms with Gasteiger partial charge in [0, 0.05) is 53.5 Å². The third-order valence-electron chi connectivity index (χ3n) is 6.20. The van der Waals surface area contributed by atoms with E-state index in [1.807, 2.05) is 48.5 Å². The number of nitrogens with zero attached hydrogens (tertiary/aromatic N) is 1. The Kier molecular flexibility index (Phi) is 7.51. The average molecular weight is 514 g/mol. The Morgan fingerprint density at radius 2 is 1.38 bits per heavy atom. The number of guanidine groups is 1. The van der Waals surface area contributed by atoms with Crippen LogP contribution in [0.5, 0.6) is 0 Å². The van der Waals surface area contributed by atoms with E-state index in [9.17, 15) is 9.59 Å². The monoisotopic (exact) mass is 513 g/mol. The molecule has 0 spiro atoms. The van der Waals surface area contributed by atoms with Crippen molar-refractivity contribution >= 4 is 40.5 Å². The van der Waals surface area contributed by atoms with Gasteiger partial charge in [0.2, 0.25) is 0 Å². The van der Waals surface area contributed by atoms with Crippen LogP contribution in [0.15, 0.2) is 83.6 Å². The lowest BCUT2D eigenvalue weighted by atomic mass is 9.97. The molecule has 2 aliphatic rings. The molecule has 0 saturated carbocycles. The molecule has 0 aliphatic carbocycles. The van der Waals surface area contributed by atoms with Crippen LogP contribution in [0.1, 0.15) is 38.3 Å². The Morgan fingerprint density at radius 3 is 1.89 bits per heavy atom. The van der Waals surface area contributed by atoms with Gasteiger partial charge in [-0.2, -0.15) is 0 Å². The minimum absolute atomic E-state index is 0.0868. The number of halogens is 1. The van der Waals surface area contributed by atoms with Gasteiger partial charge in [-0.3, -0.25) is 14.6 Å². The summed E-state index contributed by atoms with van der Waals surface area (Å²) >= 11 is 6.30. The first-order valence-corrected chi connectivity index (χ1v) is 12.7. The van der Waals surface area contributed by atoms with E-state index in [2.05, 4.69) is 32.3 Å². The van der Waals surface area contributed by atoms with Crippen molar-refractivity contribution in [1.29, 1.82) is 0 Å². The van der Waals surface area contributed by atoms with Gasteiger partial charge in [0.25, 0.3) is 0 Å². The highest BCUT2D eigenvalue weighted by Crippen LogP contribution is 2.21. The van der Waals surface area contributed by atoms with E-state index in [4.69, 9.17) is 11.6 Å². The summed E-state index contributed by atoms with van der Waals surface area (Å²) in [5.41, 5.74) is 4.49. The van der Waals surface area contributed by atoms with Crippen molar-refractivity contribution in [2.45, 2.75) is 19.3 Å². The first kappa shape index (κ1) is 24.6. The van der Waals surface area contributed by atoms with E-state index in [1.165, 1.54) is 0 Å². The summed E-state index contributed by atoms with van der Waals surface area (Å²) in [6, 6.07) is 20.3. The van der Waals surface area contributed by atoms with Crippen LogP contribution in [-0.2, 0) is 12.8 Å². The number of aliphatic imine (C=N–C) groups is 1. The minimum Gasteiger partial charge on any atom is -0.372 e. The topological polar surface area (TPSA) is 94.6 Å². The Labute approximate surface area is 221 Å². The van der Waals surface area contributed by atoms with Crippen LogP contribution in [0, 0.1) is 0 Å². The molecule has 0 amide bonds. The molecule has 37 heavy (non-hydrogen) atoms. The molecular formula is C29H28ClN5O2. The maximum atomic E-state index is 13.0. The molecule has 3 aromatic carbocycles. The Balaban J connectivity index is 1.21. The lowest BCUT2D eigenvalue weighted by Gasteiger charge is -2.10. The lowest BCUT2D eigenvalue weighted by Crippen LogP contribution is -2.26. The number of hydrogen-bond acceptors (Lipinski definition) is 7. The van der Waals surface area contributed by atoms with Gasteiger partial charge in [0.15, 0.2) is 17.5 Å². The molecule has 188 valence electrons. The molecule has 3 aromatic rings. The highest BCUT2D eigenvalue weighted by molar-refractivity contribution is 6.31. The summed E-state index contributed by atoms with van der Waals surface area (Å²) in [5, 5.41) is 13.3. The summed E-state index contributed by atoms with van der Waals surface area (Å²) in [4.78, 5) is 30.3. The van der Waals surface area contributed by atoms with Crippen molar-refractivity contribution < 1.29 is 9.59 Å². The molecule has 0 fully saturated rings. The van der Waals surface area contributed by atoms with Crippen molar-refractivity contribution in [3.05, 3.63) is 106 Å². The number of benzene rings is 3. The third kappa shape index (κ3) is 6.57. The Bertz CT molecular complexity index is 1260. The standard InChI is InChI=1S/C29H28ClN5O2/c30-23-17-21(26(36)14-19-3-7-24(8-4-19)34-28-2-1-11-31-28)16-22(18-23)27(37)15-20-5-9-25(10-6-20)35-29-32-12-13-33-29/h2-10,16-18,31,34H,1,11-15H2,(H2,32,33,35). The van der Waals surface area contributed by atoms with Crippen molar-refractivity contribution in [3.63, 3.8) is 0 Å². The Hall–Kier alpha value is -4.10. The molecule has 2 aliphatic heterocycles. The molecule has 0 bridgehead atoms. The highest BCUT2D eigenvalue weighted by Gasteiger charge is 2.15. The van der Waals surface area contributed by atoms with E-state index in [0.29, 0.717) is 16.1 Å². The van der Waals surface area contributed by atoms with Crippen LogP contribution in [-0.4, -0.2) is 37.2 Å². The third-order valence-corrected chi connectivity index (χ3v) is 6.42. The summed E-state index contributed by atoms with van der Waals surface area (Å²) in [6.45, 7) is 2.54. The van der Waals surface area contributed by atoms with Gasteiger partial charge in [0.05, 0.1) is 12.4 Å². The van der Waals surface area contributed by atoms with E-state index in [-0.39, 0.29) is 24.4 Å². The first-order valence-electron chi connectivity index (χ1n) is 12.3.